The third-order valence-corrected chi connectivity index (χ3v) is 3.15. The monoisotopic (exact) mass is 265 g/mol. The average molecular weight is 266 g/mol. The van der Waals surface area contributed by atoms with E-state index in [-0.39, 0.29) is 0 Å². The largest absolute Gasteiger partial charge is 0.384 e. The number of nitrogens with two attached hydrogens (primary N) is 1. The van der Waals surface area contributed by atoms with Crippen LogP contribution in [0.5, 0.6) is 0 Å². The number of nitrogen functional groups attached to an aromatic ring is 1. The standard InChI is InChI=1S/C12H9Cl2N3/c1-6-9(5-15)12(16)17-11(6)8-4-7(13)2-3-10(8)14/h2-4,17H,16H2,1H3. The van der Waals surface area contributed by atoms with Crippen molar-refractivity contribution in [3.63, 3.8) is 0 Å². The maximum absolute atomic E-state index is 8.97. The molecule has 3 nitrogen and oxygen atoms in total. The number of rotatable bonds is 1. The predicted octanol–water partition coefficient (Wildman–Crippen LogP) is 3.75. The molecule has 17 heavy (non-hydrogen) atoms. The maximum Gasteiger partial charge on any atom is 0.119 e. The van der Waals surface area contributed by atoms with Gasteiger partial charge in [0.25, 0.3) is 0 Å². The molecule has 2 rings (SSSR count). The Hall–Kier alpha value is -1.63. The Morgan fingerprint density at radius 3 is 2.65 bits per heavy atom. The molecule has 0 unspecified atom stereocenters. The Morgan fingerprint density at radius 1 is 1.35 bits per heavy atom. The minimum absolute atomic E-state index is 0.344. The van der Waals surface area contributed by atoms with Crippen molar-refractivity contribution in [2.75, 3.05) is 5.73 Å². The Morgan fingerprint density at radius 2 is 2.06 bits per heavy atom. The molecule has 1 heterocycles. The molecule has 0 atom stereocenters. The molecule has 0 aliphatic carbocycles. The topological polar surface area (TPSA) is 65.6 Å². The molecule has 0 radical (unpaired) electrons. The van der Waals surface area contributed by atoms with Crippen LogP contribution in [0.1, 0.15) is 11.1 Å². The molecule has 1 aromatic heterocycles. The Balaban J connectivity index is 2.70. The van der Waals surface area contributed by atoms with Gasteiger partial charge < -0.3 is 10.7 Å². The van der Waals surface area contributed by atoms with Gasteiger partial charge in [0.05, 0.1) is 11.3 Å². The molecule has 5 heteroatoms. The highest BCUT2D eigenvalue weighted by atomic mass is 35.5. The van der Waals surface area contributed by atoms with E-state index in [0.29, 0.717) is 21.4 Å². The zero-order valence-electron chi connectivity index (χ0n) is 9.01. The van der Waals surface area contributed by atoms with E-state index in [1.54, 1.807) is 18.2 Å². The number of anilines is 1. The second-order valence-corrected chi connectivity index (χ2v) is 4.49. The van der Waals surface area contributed by atoms with Gasteiger partial charge in [0.15, 0.2) is 0 Å². The molecule has 0 saturated heterocycles. The molecule has 0 amide bonds. The number of aromatic amines is 1. The van der Waals surface area contributed by atoms with Gasteiger partial charge in [-0.15, -0.1) is 0 Å². The number of nitrogens with one attached hydrogen (secondary N) is 1. The highest BCUT2D eigenvalue weighted by Crippen LogP contribution is 2.34. The van der Waals surface area contributed by atoms with E-state index in [9.17, 15) is 0 Å². The molecule has 0 saturated carbocycles. The number of nitrogens with zero attached hydrogens (tertiary/aromatic N) is 1. The molecule has 3 N–H and O–H groups in total. The van der Waals surface area contributed by atoms with E-state index in [0.717, 1.165) is 16.8 Å². The molecule has 0 bridgehead atoms. The summed E-state index contributed by atoms with van der Waals surface area (Å²) in [7, 11) is 0. The Labute approximate surface area is 109 Å². The fourth-order valence-electron chi connectivity index (χ4n) is 1.72. The van der Waals surface area contributed by atoms with Crippen molar-refractivity contribution in [2.24, 2.45) is 0 Å². The van der Waals surface area contributed by atoms with Crippen molar-refractivity contribution < 1.29 is 0 Å². The molecule has 1 aromatic carbocycles. The van der Waals surface area contributed by atoms with Crippen LogP contribution in [0.15, 0.2) is 18.2 Å². The second kappa shape index (κ2) is 4.33. The lowest BCUT2D eigenvalue weighted by Crippen LogP contribution is -1.87. The number of hydrogen-bond acceptors (Lipinski definition) is 2. The Kier molecular flexibility index (Phi) is 3.01. The van der Waals surface area contributed by atoms with E-state index in [2.05, 4.69) is 11.1 Å². The number of halogens is 2. The minimum Gasteiger partial charge on any atom is -0.384 e. The van der Waals surface area contributed by atoms with Crippen molar-refractivity contribution in [1.82, 2.24) is 4.98 Å². The zero-order valence-corrected chi connectivity index (χ0v) is 10.5. The van der Waals surface area contributed by atoms with Gasteiger partial charge in [0.2, 0.25) is 0 Å². The summed E-state index contributed by atoms with van der Waals surface area (Å²) in [5, 5.41) is 10.1. The number of aromatic nitrogens is 1. The SMILES string of the molecule is Cc1c(-c2cc(Cl)ccc2Cl)[nH]c(N)c1C#N. The van der Waals surface area contributed by atoms with Gasteiger partial charge in [-0.05, 0) is 30.7 Å². The van der Waals surface area contributed by atoms with Crippen molar-refractivity contribution in [1.29, 1.82) is 5.26 Å². The van der Waals surface area contributed by atoms with Crippen LogP contribution < -0.4 is 5.73 Å². The van der Waals surface area contributed by atoms with E-state index >= 15 is 0 Å². The van der Waals surface area contributed by atoms with Gasteiger partial charge in [-0.2, -0.15) is 5.26 Å². The molecule has 0 aliphatic heterocycles. The number of hydrogen-bond donors (Lipinski definition) is 2. The van der Waals surface area contributed by atoms with Crippen LogP contribution in [-0.2, 0) is 0 Å². The van der Waals surface area contributed by atoms with Crippen LogP contribution >= 0.6 is 23.2 Å². The van der Waals surface area contributed by atoms with Crippen molar-refractivity contribution in [2.45, 2.75) is 6.92 Å². The summed E-state index contributed by atoms with van der Waals surface area (Å²) in [4.78, 5) is 2.96. The van der Waals surface area contributed by atoms with Crippen LogP contribution in [0.3, 0.4) is 0 Å². The highest BCUT2D eigenvalue weighted by Gasteiger charge is 2.15. The summed E-state index contributed by atoms with van der Waals surface area (Å²) in [5.74, 6) is 0.344. The van der Waals surface area contributed by atoms with Crippen LogP contribution in [0.4, 0.5) is 5.82 Å². The van der Waals surface area contributed by atoms with Gasteiger partial charge in [-0.1, -0.05) is 23.2 Å². The minimum atomic E-state index is 0.344. The second-order valence-electron chi connectivity index (χ2n) is 3.65. The first-order chi connectivity index (χ1) is 8.04. The summed E-state index contributed by atoms with van der Waals surface area (Å²) < 4.78 is 0. The molecular weight excluding hydrogens is 257 g/mol. The van der Waals surface area contributed by atoms with Gasteiger partial charge in [-0.25, -0.2) is 0 Å². The fourth-order valence-corrected chi connectivity index (χ4v) is 2.10. The summed E-state index contributed by atoms with van der Waals surface area (Å²) in [6, 6.07) is 7.21. The average Bonchev–Trinajstić information content (AvgIpc) is 2.57. The smallest absolute Gasteiger partial charge is 0.119 e. The summed E-state index contributed by atoms with van der Waals surface area (Å²) in [5.41, 5.74) is 8.41. The van der Waals surface area contributed by atoms with Gasteiger partial charge in [0, 0.05) is 15.6 Å². The lowest BCUT2D eigenvalue weighted by atomic mass is 10.1. The van der Waals surface area contributed by atoms with E-state index in [1.165, 1.54) is 0 Å². The number of nitriles is 1. The fraction of sp³-hybridized carbons (Fsp3) is 0.0833. The lowest BCUT2D eigenvalue weighted by molar-refractivity contribution is 1.38. The molecule has 0 fully saturated rings. The summed E-state index contributed by atoms with van der Waals surface area (Å²) in [6.45, 7) is 1.82. The lowest BCUT2D eigenvalue weighted by Gasteiger charge is -2.04. The summed E-state index contributed by atoms with van der Waals surface area (Å²) >= 11 is 12.0. The molecule has 86 valence electrons. The van der Waals surface area contributed by atoms with Crippen molar-refractivity contribution in [3.8, 4) is 17.3 Å². The van der Waals surface area contributed by atoms with Crippen molar-refractivity contribution >= 4 is 29.0 Å². The van der Waals surface area contributed by atoms with E-state index in [1.807, 2.05) is 6.92 Å². The van der Waals surface area contributed by atoms with E-state index < -0.39 is 0 Å². The highest BCUT2D eigenvalue weighted by molar-refractivity contribution is 6.35. The summed E-state index contributed by atoms with van der Waals surface area (Å²) in [6.07, 6.45) is 0. The van der Waals surface area contributed by atoms with Crippen LogP contribution in [-0.4, -0.2) is 4.98 Å². The third kappa shape index (κ3) is 1.97. The quantitative estimate of drug-likeness (QED) is 0.825. The van der Waals surface area contributed by atoms with Crippen LogP contribution in [0.25, 0.3) is 11.3 Å². The number of H-pyrrole nitrogens is 1. The molecule has 0 spiro atoms. The van der Waals surface area contributed by atoms with Crippen LogP contribution in [0, 0.1) is 18.3 Å². The van der Waals surface area contributed by atoms with Gasteiger partial charge in [0.1, 0.15) is 11.9 Å². The van der Waals surface area contributed by atoms with Crippen molar-refractivity contribution in [3.05, 3.63) is 39.4 Å². The third-order valence-electron chi connectivity index (χ3n) is 2.59. The molecular formula is C12H9Cl2N3. The predicted molar refractivity (Wildman–Crippen MR) is 70.1 cm³/mol. The Bertz CT molecular complexity index is 623. The first-order valence-corrected chi connectivity index (χ1v) is 5.63. The maximum atomic E-state index is 8.97. The molecule has 0 aliphatic rings. The first kappa shape index (κ1) is 11.8. The van der Waals surface area contributed by atoms with E-state index in [4.69, 9.17) is 34.2 Å². The van der Waals surface area contributed by atoms with Crippen LogP contribution in [0.2, 0.25) is 10.0 Å². The normalized spacial score (nSPS) is 10.2. The first-order valence-electron chi connectivity index (χ1n) is 4.88. The molecule has 2 aromatic rings. The van der Waals surface area contributed by atoms with Gasteiger partial charge >= 0.3 is 0 Å². The number of benzene rings is 1. The zero-order chi connectivity index (χ0) is 12.6. The van der Waals surface area contributed by atoms with Gasteiger partial charge in [-0.3, -0.25) is 0 Å².